The van der Waals surface area contributed by atoms with E-state index in [0.717, 1.165) is 12.1 Å². The van der Waals surface area contributed by atoms with Gasteiger partial charge in [-0.1, -0.05) is 0 Å². The van der Waals surface area contributed by atoms with Crippen LogP contribution >= 0.6 is 11.6 Å². The Morgan fingerprint density at radius 3 is 2.68 bits per heavy atom. The van der Waals surface area contributed by atoms with Crippen LogP contribution in [-0.4, -0.2) is 37.2 Å². The van der Waals surface area contributed by atoms with Crippen LogP contribution in [-0.2, 0) is 10.9 Å². The lowest BCUT2D eigenvalue weighted by Crippen LogP contribution is -2.28. The van der Waals surface area contributed by atoms with Crippen molar-refractivity contribution in [1.29, 1.82) is 0 Å². The van der Waals surface area contributed by atoms with E-state index in [4.69, 9.17) is 16.3 Å². The van der Waals surface area contributed by atoms with Crippen molar-refractivity contribution < 1.29 is 17.9 Å². The van der Waals surface area contributed by atoms with Gasteiger partial charge in [0.15, 0.2) is 0 Å². The summed E-state index contributed by atoms with van der Waals surface area (Å²) in [4.78, 5) is 5.69. The third-order valence-electron chi connectivity index (χ3n) is 2.51. The first-order valence-corrected chi connectivity index (χ1v) is 6.44. The Bertz CT molecular complexity index is 387. The maximum atomic E-state index is 12.6. The van der Waals surface area contributed by atoms with E-state index >= 15 is 0 Å². The van der Waals surface area contributed by atoms with Gasteiger partial charge in [0.2, 0.25) is 0 Å². The summed E-state index contributed by atoms with van der Waals surface area (Å²) < 4.78 is 43.0. The average Bonchev–Trinajstić information content (AvgIpc) is 2.38. The number of likely N-dealkylation sites (N-methyl/N-ethyl adjacent to an activating group) is 1. The molecule has 1 heterocycles. The smallest absolute Gasteiger partial charge is 0.378 e. The standard InChI is InChI=1S/C12H16ClF3N2O/c1-2-18(6-8-19-7-4-13)11-9-10(3-5-17-11)12(14,15)16/h3,5,9H,2,4,6-8H2,1H3. The monoisotopic (exact) mass is 296 g/mol. The topological polar surface area (TPSA) is 25.4 Å². The summed E-state index contributed by atoms with van der Waals surface area (Å²) >= 11 is 5.46. The molecule has 108 valence electrons. The van der Waals surface area contributed by atoms with Crippen molar-refractivity contribution in [3.8, 4) is 0 Å². The van der Waals surface area contributed by atoms with E-state index in [2.05, 4.69) is 4.98 Å². The van der Waals surface area contributed by atoms with Crippen molar-refractivity contribution in [2.24, 2.45) is 0 Å². The molecular formula is C12H16ClF3N2O. The quantitative estimate of drug-likeness (QED) is 0.571. The molecule has 0 aliphatic rings. The zero-order chi connectivity index (χ0) is 14.3. The molecule has 1 aromatic rings. The summed E-state index contributed by atoms with van der Waals surface area (Å²) in [6, 6.07) is 2.01. The normalized spacial score (nSPS) is 11.6. The fraction of sp³-hybridized carbons (Fsp3) is 0.583. The maximum absolute atomic E-state index is 12.6. The molecule has 1 aromatic heterocycles. The van der Waals surface area contributed by atoms with E-state index in [0.29, 0.717) is 38.0 Å². The van der Waals surface area contributed by atoms with Gasteiger partial charge in [-0.2, -0.15) is 13.2 Å². The molecule has 0 saturated carbocycles. The molecule has 19 heavy (non-hydrogen) atoms. The summed E-state index contributed by atoms with van der Waals surface area (Å²) in [7, 11) is 0. The van der Waals surface area contributed by atoms with Crippen LogP contribution in [0.2, 0.25) is 0 Å². The lowest BCUT2D eigenvalue weighted by atomic mass is 10.2. The average molecular weight is 297 g/mol. The van der Waals surface area contributed by atoms with Crippen LogP contribution in [0.4, 0.5) is 19.0 Å². The molecular weight excluding hydrogens is 281 g/mol. The highest BCUT2D eigenvalue weighted by Crippen LogP contribution is 2.30. The number of aromatic nitrogens is 1. The summed E-state index contributed by atoms with van der Waals surface area (Å²) in [6.45, 7) is 3.71. The van der Waals surface area contributed by atoms with Crippen LogP contribution in [0.5, 0.6) is 0 Å². The number of rotatable bonds is 7. The number of alkyl halides is 4. The summed E-state index contributed by atoms with van der Waals surface area (Å²) in [5.41, 5.74) is -0.697. The molecule has 0 spiro atoms. The minimum atomic E-state index is -4.35. The molecule has 0 saturated heterocycles. The molecule has 1 rings (SSSR count). The molecule has 0 unspecified atom stereocenters. The Morgan fingerprint density at radius 2 is 2.11 bits per heavy atom. The van der Waals surface area contributed by atoms with Crippen molar-refractivity contribution in [3.63, 3.8) is 0 Å². The fourth-order valence-corrected chi connectivity index (χ4v) is 1.64. The van der Waals surface area contributed by atoms with Crippen LogP contribution in [0.1, 0.15) is 12.5 Å². The zero-order valence-corrected chi connectivity index (χ0v) is 11.3. The van der Waals surface area contributed by atoms with Gasteiger partial charge in [-0.3, -0.25) is 0 Å². The molecule has 7 heteroatoms. The van der Waals surface area contributed by atoms with Crippen molar-refractivity contribution in [1.82, 2.24) is 4.98 Å². The van der Waals surface area contributed by atoms with Crippen LogP contribution in [0.25, 0.3) is 0 Å². The number of hydrogen-bond donors (Lipinski definition) is 0. The SMILES string of the molecule is CCN(CCOCCCl)c1cc(C(F)(F)F)ccn1. The van der Waals surface area contributed by atoms with Crippen LogP contribution in [0.3, 0.4) is 0 Å². The van der Waals surface area contributed by atoms with Crippen molar-refractivity contribution >= 4 is 17.4 Å². The van der Waals surface area contributed by atoms with E-state index < -0.39 is 11.7 Å². The number of halogens is 4. The highest BCUT2D eigenvalue weighted by Gasteiger charge is 2.31. The zero-order valence-electron chi connectivity index (χ0n) is 10.6. The number of pyridine rings is 1. The Morgan fingerprint density at radius 1 is 1.37 bits per heavy atom. The van der Waals surface area contributed by atoms with Crippen LogP contribution in [0, 0.1) is 0 Å². The van der Waals surface area contributed by atoms with Crippen LogP contribution in [0.15, 0.2) is 18.3 Å². The van der Waals surface area contributed by atoms with Gasteiger partial charge in [0.25, 0.3) is 0 Å². The first kappa shape index (κ1) is 16.0. The van der Waals surface area contributed by atoms with Gasteiger partial charge in [-0.05, 0) is 19.1 Å². The van der Waals surface area contributed by atoms with Crippen molar-refractivity contribution in [2.75, 3.05) is 37.1 Å². The molecule has 0 bridgehead atoms. The minimum Gasteiger partial charge on any atom is -0.378 e. The van der Waals surface area contributed by atoms with E-state index in [1.807, 2.05) is 6.92 Å². The van der Waals surface area contributed by atoms with Crippen LogP contribution < -0.4 is 4.90 Å². The molecule has 0 aliphatic carbocycles. The van der Waals surface area contributed by atoms with Gasteiger partial charge in [0, 0.05) is 25.2 Å². The lowest BCUT2D eigenvalue weighted by Gasteiger charge is -2.22. The predicted molar refractivity (Wildman–Crippen MR) is 68.7 cm³/mol. The highest BCUT2D eigenvalue weighted by atomic mass is 35.5. The van der Waals surface area contributed by atoms with Gasteiger partial charge in [0.05, 0.1) is 18.8 Å². The Balaban J connectivity index is 2.70. The predicted octanol–water partition coefficient (Wildman–Crippen LogP) is 3.18. The number of nitrogens with zero attached hydrogens (tertiary/aromatic N) is 2. The molecule has 0 aromatic carbocycles. The van der Waals surface area contributed by atoms with Crippen molar-refractivity contribution in [2.45, 2.75) is 13.1 Å². The second-order valence-corrected chi connectivity index (χ2v) is 4.16. The number of ether oxygens (including phenoxy) is 1. The van der Waals surface area contributed by atoms with E-state index in [9.17, 15) is 13.2 Å². The summed E-state index contributed by atoms with van der Waals surface area (Å²) in [5, 5.41) is 0. The third kappa shape index (κ3) is 5.24. The van der Waals surface area contributed by atoms with E-state index in [1.165, 1.54) is 6.20 Å². The number of anilines is 1. The second kappa shape index (κ2) is 7.55. The molecule has 0 fully saturated rings. The summed E-state index contributed by atoms with van der Waals surface area (Å²) in [6.07, 6.45) is -3.19. The molecule has 3 nitrogen and oxygen atoms in total. The van der Waals surface area contributed by atoms with Gasteiger partial charge in [0.1, 0.15) is 5.82 Å². The Hall–Kier alpha value is -1.01. The second-order valence-electron chi connectivity index (χ2n) is 3.78. The van der Waals surface area contributed by atoms with Gasteiger partial charge in [-0.25, -0.2) is 4.98 Å². The molecule has 0 N–H and O–H groups in total. The van der Waals surface area contributed by atoms with E-state index in [1.54, 1.807) is 4.90 Å². The first-order valence-electron chi connectivity index (χ1n) is 5.91. The Kier molecular flexibility index (Phi) is 6.37. The van der Waals surface area contributed by atoms with Gasteiger partial charge in [-0.15, -0.1) is 11.6 Å². The first-order chi connectivity index (χ1) is 8.99. The lowest BCUT2D eigenvalue weighted by molar-refractivity contribution is -0.137. The molecule has 0 amide bonds. The highest BCUT2D eigenvalue weighted by molar-refractivity contribution is 6.17. The van der Waals surface area contributed by atoms with E-state index in [-0.39, 0.29) is 0 Å². The molecule has 0 atom stereocenters. The van der Waals surface area contributed by atoms with Gasteiger partial charge >= 0.3 is 6.18 Å². The minimum absolute atomic E-state index is 0.298. The third-order valence-corrected chi connectivity index (χ3v) is 2.66. The summed E-state index contributed by atoms with van der Waals surface area (Å²) in [5.74, 6) is 0.695. The molecule has 0 aliphatic heterocycles. The Labute approximate surface area is 115 Å². The largest absolute Gasteiger partial charge is 0.416 e. The fourth-order valence-electron chi connectivity index (χ4n) is 1.53. The maximum Gasteiger partial charge on any atom is 0.416 e. The van der Waals surface area contributed by atoms with Crippen molar-refractivity contribution in [3.05, 3.63) is 23.9 Å². The molecule has 0 radical (unpaired) electrons. The number of hydrogen-bond acceptors (Lipinski definition) is 3. The van der Waals surface area contributed by atoms with Gasteiger partial charge < -0.3 is 9.64 Å².